The second-order valence-corrected chi connectivity index (χ2v) is 29.6. The predicted octanol–water partition coefficient (Wildman–Crippen LogP) is 20.8. The molecule has 0 aromatic carbocycles. The van der Waals surface area contributed by atoms with Crippen LogP contribution >= 0.6 is 15.6 Å². The molecule has 0 aliphatic heterocycles. The van der Waals surface area contributed by atoms with Gasteiger partial charge in [-0.2, -0.15) is 0 Å². The van der Waals surface area contributed by atoms with Crippen molar-refractivity contribution in [1.29, 1.82) is 0 Å². The van der Waals surface area contributed by atoms with E-state index in [-0.39, 0.29) is 25.7 Å². The maximum Gasteiger partial charge on any atom is 0.472 e. The number of carbonyl (C=O) groups is 4. The summed E-state index contributed by atoms with van der Waals surface area (Å²) in [4.78, 5) is 72.5. The number of esters is 4. The van der Waals surface area contributed by atoms with Gasteiger partial charge in [0.25, 0.3) is 0 Å². The lowest BCUT2D eigenvalue weighted by Gasteiger charge is -2.21. The summed E-state index contributed by atoms with van der Waals surface area (Å²) in [5.41, 5.74) is 0. The topological polar surface area (TPSA) is 237 Å². The van der Waals surface area contributed by atoms with Gasteiger partial charge in [-0.05, 0) is 37.5 Å². The zero-order valence-corrected chi connectivity index (χ0v) is 60.9. The van der Waals surface area contributed by atoms with E-state index in [1.165, 1.54) is 173 Å². The monoisotopic (exact) mass is 1340 g/mol. The number of unbranched alkanes of at least 4 members (excludes halogenated alkanes) is 40. The van der Waals surface area contributed by atoms with E-state index >= 15 is 0 Å². The zero-order chi connectivity index (χ0) is 67.2. The summed E-state index contributed by atoms with van der Waals surface area (Å²) in [6, 6.07) is 0. The molecule has 0 fully saturated rings. The molecule has 0 aromatic heterocycles. The molecular weight excluding hydrogens is 1200 g/mol. The van der Waals surface area contributed by atoms with Crippen LogP contribution in [0.15, 0.2) is 0 Å². The van der Waals surface area contributed by atoms with Crippen LogP contribution in [0.5, 0.6) is 0 Å². The van der Waals surface area contributed by atoms with Crippen molar-refractivity contribution in [2.24, 2.45) is 11.8 Å². The Morgan fingerprint density at radius 3 is 0.835 bits per heavy atom. The number of rotatable bonds is 71. The number of aliphatic hydroxyl groups is 1. The lowest BCUT2D eigenvalue weighted by molar-refractivity contribution is -0.161. The van der Waals surface area contributed by atoms with E-state index in [0.717, 1.165) is 115 Å². The molecule has 0 bridgehead atoms. The Labute approximate surface area is 556 Å². The van der Waals surface area contributed by atoms with Gasteiger partial charge in [0.1, 0.15) is 19.3 Å². The standard InChI is InChI=1S/C72H140O17P2/c1-7-10-12-14-16-17-18-19-20-21-22-25-32-38-44-50-56-71(76)89-68(61-83-70(75)55-49-43-37-31-26-23-24-29-35-40-46-52-64(4)5)63-87-91(80,81)85-59-66(73)58-84-90(78,79)86-62-67(60-82-69(74)54-48-42-34-15-13-11-8-2)88-72(77)57-51-45-39-33-28-27-30-36-41-47-53-65(6)9-3/h64-68,73H,7-63H2,1-6H3,(H,78,79)(H,80,81)/t65?,66-,67+,68+/m0/s1. The molecule has 0 saturated carbocycles. The van der Waals surface area contributed by atoms with Crippen LogP contribution in [0.2, 0.25) is 0 Å². The molecular formula is C72H140O17P2. The highest BCUT2D eigenvalue weighted by Crippen LogP contribution is 2.45. The quantitative estimate of drug-likeness (QED) is 0.0222. The van der Waals surface area contributed by atoms with Gasteiger partial charge in [-0.3, -0.25) is 37.3 Å². The first kappa shape index (κ1) is 89.1. The van der Waals surface area contributed by atoms with E-state index < -0.39 is 97.5 Å². The maximum absolute atomic E-state index is 13.0. The summed E-state index contributed by atoms with van der Waals surface area (Å²) >= 11 is 0. The van der Waals surface area contributed by atoms with Crippen LogP contribution in [0.4, 0.5) is 0 Å². The fraction of sp³-hybridized carbons (Fsp3) is 0.944. The van der Waals surface area contributed by atoms with Gasteiger partial charge in [-0.15, -0.1) is 0 Å². The molecule has 0 aliphatic rings. The molecule has 19 heteroatoms. The second-order valence-electron chi connectivity index (χ2n) is 26.7. The number of hydrogen-bond donors (Lipinski definition) is 3. The van der Waals surface area contributed by atoms with Crippen LogP contribution < -0.4 is 0 Å². The largest absolute Gasteiger partial charge is 0.472 e. The number of hydrogen-bond acceptors (Lipinski definition) is 15. The highest BCUT2D eigenvalue weighted by Gasteiger charge is 2.30. The molecule has 0 heterocycles. The van der Waals surface area contributed by atoms with E-state index in [0.29, 0.717) is 25.7 Å². The molecule has 540 valence electrons. The first-order valence-corrected chi connectivity index (χ1v) is 40.5. The summed E-state index contributed by atoms with van der Waals surface area (Å²) in [7, 11) is -9.90. The molecule has 17 nitrogen and oxygen atoms in total. The molecule has 0 rings (SSSR count). The van der Waals surface area contributed by atoms with Gasteiger partial charge in [0.15, 0.2) is 12.2 Å². The van der Waals surface area contributed by atoms with E-state index in [9.17, 15) is 43.2 Å². The molecule has 0 radical (unpaired) electrons. The number of carbonyl (C=O) groups excluding carboxylic acids is 4. The van der Waals surface area contributed by atoms with Crippen LogP contribution in [0.1, 0.15) is 369 Å². The lowest BCUT2D eigenvalue weighted by atomic mass is 9.99. The molecule has 0 saturated heterocycles. The Bertz CT molecular complexity index is 1770. The first-order valence-electron chi connectivity index (χ1n) is 37.5. The highest BCUT2D eigenvalue weighted by molar-refractivity contribution is 7.47. The first-order chi connectivity index (χ1) is 43.9. The average Bonchev–Trinajstić information content (AvgIpc) is 2.62. The molecule has 3 N–H and O–H groups in total. The lowest BCUT2D eigenvalue weighted by Crippen LogP contribution is -2.30. The summed E-state index contributed by atoms with van der Waals surface area (Å²) in [6.07, 6.45) is 49.9. The van der Waals surface area contributed by atoms with E-state index in [1.807, 2.05) is 0 Å². The fourth-order valence-corrected chi connectivity index (χ4v) is 12.5. The van der Waals surface area contributed by atoms with Crippen molar-refractivity contribution in [3.8, 4) is 0 Å². The minimum Gasteiger partial charge on any atom is -0.462 e. The van der Waals surface area contributed by atoms with Crippen molar-refractivity contribution in [1.82, 2.24) is 0 Å². The molecule has 0 aromatic rings. The van der Waals surface area contributed by atoms with Gasteiger partial charge in [0, 0.05) is 25.7 Å². The number of aliphatic hydroxyl groups excluding tert-OH is 1. The van der Waals surface area contributed by atoms with Crippen LogP contribution in [0, 0.1) is 11.8 Å². The minimum atomic E-state index is -4.95. The van der Waals surface area contributed by atoms with Crippen LogP contribution in [0.3, 0.4) is 0 Å². The van der Waals surface area contributed by atoms with Crippen molar-refractivity contribution in [3.05, 3.63) is 0 Å². The van der Waals surface area contributed by atoms with Crippen molar-refractivity contribution < 1.29 is 80.2 Å². The molecule has 91 heavy (non-hydrogen) atoms. The van der Waals surface area contributed by atoms with Crippen LogP contribution in [-0.4, -0.2) is 96.7 Å². The van der Waals surface area contributed by atoms with Gasteiger partial charge < -0.3 is 33.8 Å². The normalized spacial score (nSPS) is 14.4. The van der Waals surface area contributed by atoms with Crippen LogP contribution in [0.25, 0.3) is 0 Å². The molecule has 0 amide bonds. The number of ether oxygens (including phenoxy) is 4. The third-order valence-corrected chi connectivity index (χ3v) is 19.0. The Kier molecular flexibility index (Phi) is 62.7. The third-order valence-electron chi connectivity index (χ3n) is 17.1. The number of phosphoric ester groups is 2. The SMILES string of the molecule is CCCCCCCCCCCCCCCCCCC(=O)O[C@H](COC(=O)CCCCCCCCCCCCCC(C)C)COP(=O)(O)OC[C@@H](O)COP(=O)(O)OC[C@@H](COC(=O)CCCCCCCCC)OC(=O)CCCCCCCCCCCCC(C)CC. The Morgan fingerprint density at radius 1 is 0.319 bits per heavy atom. The Hall–Kier alpha value is -1.94. The van der Waals surface area contributed by atoms with Gasteiger partial charge >= 0.3 is 39.5 Å². The highest BCUT2D eigenvalue weighted by atomic mass is 31.2. The second kappa shape index (κ2) is 64.1. The van der Waals surface area contributed by atoms with Crippen LogP contribution in [-0.2, 0) is 65.4 Å². The van der Waals surface area contributed by atoms with E-state index in [2.05, 4.69) is 41.5 Å². The van der Waals surface area contributed by atoms with Gasteiger partial charge in [-0.25, -0.2) is 9.13 Å². The van der Waals surface area contributed by atoms with Crippen molar-refractivity contribution in [2.45, 2.75) is 387 Å². The van der Waals surface area contributed by atoms with Crippen molar-refractivity contribution >= 4 is 39.5 Å². The summed E-state index contributed by atoms with van der Waals surface area (Å²) in [5.74, 6) is -0.550. The minimum absolute atomic E-state index is 0.106. The molecule has 0 aliphatic carbocycles. The average molecular weight is 1340 g/mol. The summed E-state index contributed by atoms with van der Waals surface area (Å²) in [5, 5.41) is 10.6. The summed E-state index contributed by atoms with van der Waals surface area (Å²) < 4.78 is 68.3. The maximum atomic E-state index is 13.0. The third kappa shape index (κ3) is 65.1. The predicted molar refractivity (Wildman–Crippen MR) is 368 cm³/mol. The van der Waals surface area contributed by atoms with Crippen molar-refractivity contribution in [2.75, 3.05) is 39.6 Å². The van der Waals surface area contributed by atoms with Gasteiger partial charge in [0.05, 0.1) is 26.4 Å². The summed E-state index contributed by atoms with van der Waals surface area (Å²) in [6.45, 7) is 9.56. The van der Waals surface area contributed by atoms with Crippen molar-refractivity contribution in [3.63, 3.8) is 0 Å². The van der Waals surface area contributed by atoms with Gasteiger partial charge in [0.2, 0.25) is 0 Å². The van der Waals surface area contributed by atoms with Gasteiger partial charge in [-0.1, -0.05) is 318 Å². The Balaban J connectivity index is 5.21. The van der Waals surface area contributed by atoms with E-state index in [1.54, 1.807) is 0 Å². The Morgan fingerprint density at radius 2 is 0.560 bits per heavy atom. The zero-order valence-electron chi connectivity index (χ0n) is 59.1. The molecule has 0 spiro atoms. The molecule has 3 unspecified atom stereocenters. The van der Waals surface area contributed by atoms with E-state index in [4.69, 9.17) is 37.0 Å². The molecule has 6 atom stereocenters. The fourth-order valence-electron chi connectivity index (χ4n) is 10.9. The smallest absolute Gasteiger partial charge is 0.462 e. The number of phosphoric acid groups is 2.